The van der Waals surface area contributed by atoms with Crippen LogP contribution in [0.3, 0.4) is 0 Å². The first-order chi connectivity index (χ1) is 31.9. The highest BCUT2D eigenvalue weighted by atomic mass is 16.5. The van der Waals surface area contributed by atoms with Crippen LogP contribution in [-0.4, -0.2) is 21.6 Å². The van der Waals surface area contributed by atoms with Crippen molar-refractivity contribution in [2.45, 2.75) is 92.4 Å². The molecular weight excluding hydrogens is 815 g/mol. The Morgan fingerprint density at radius 3 is 1.73 bits per heavy atom. The summed E-state index contributed by atoms with van der Waals surface area (Å²) in [5.74, 6) is 1.64. The predicted octanol–water partition coefficient (Wildman–Crippen LogP) is 16.9. The molecule has 2 aromatic heterocycles. The molecule has 0 spiro atoms. The summed E-state index contributed by atoms with van der Waals surface area (Å²) in [5.41, 5.74) is 20.9. The Balaban J connectivity index is 1.34. The van der Waals surface area contributed by atoms with E-state index in [-0.39, 0.29) is 16.2 Å². The number of hydrogen-bond donors (Lipinski definition) is 0. The molecule has 0 bridgehead atoms. The minimum absolute atomic E-state index is 0.0857. The highest BCUT2D eigenvalue weighted by Gasteiger charge is 2.28. The lowest BCUT2D eigenvalue weighted by atomic mass is 9.79. The van der Waals surface area contributed by atoms with Crippen molar-refractivity contribution >= 4 is 11.0 Å². The summed E-state index contributed by atoms with van der Waals surface area (Å²) < 4.78 is 8.67. The summed E-state index contributed by atoms with van der Waals surface area (Å²) in [7, 11) is 1.77. The number of benzene rings is 7. The molecule has 0 atom stereocenters. The molecule has 7 aromatic carbocycles. The Kier molecular flexibility index (Phi) is 11.7. The number of aryl methyl sites for hydroxylation is 2. The largest absolute Gasteiger partial charge is 0.496 e. The van der Waals surface area contributed by atoms with Crippen LogP contribution < -0.4 is 4.74 Å². The molecule has 0 saturated heterocycles. The van der Waals surface area contributed by atoms with Crippen LogP contribution in [0.5, 0.6) is 5.75 Å². The minimum atomic E-state index is -0.141. The summed E-state index contributed by atoms with van der Waals surface area (Å²) in [6.07, 6.45) is 1.94. The molecule has 0 amide bonds. The molecule has 9 rings (SSSR count). The SMILES string of the molecule is COc1c(C)cc(C)cc1-c1nc2c(-c3cc(-c4cc(-c5ccc(C(C)(C)C)cc5)ccn4)cc(C(C)(C)C)c3)cccc2n1-c1cc(-c2ccccc2)c(C(C)(C)C)cc1-c1ccccc1. The maximum absolute atomic E-state index is 6.28. The first-order valence-corrected chi connectivity index (χ1v) is 23.6. The highest BCUT2D eigenvalue weighted by Crippen LogP contribution is 2.46. The number of aromatic nitrogens is 3. The zero-order chi connectivity index (χ0) is 47.4. The number of rotatable bonds is 8. The maximum atomic E-state index is 6.28. The van der Waals surface area contributed by atoms with Crippen LogP contribution in [0.4, 0.5) is 0 Å². The molecule has 4 nitrogen and oxygen atoms in total. The van der Waals surface area contributed by atoms with Crippen molar-refractivity contribution in [3.63, 3.8) is 0 Å². The van der Waals surface area contributed by atoms with E-state index < -0.39 is 0 Å². The van der Waals surface area contributed by atoms with E-state index in [4.69, 9.17) is 14.7 Å². The topological polar surface area (TPSA) is 39.9 Å². The molecule has 336 valence electrons. The number of ether oxygens (including phenoxy) is 1. The molecule has 67 heavy (non-hydrogen) atoms. The Labute approximate surface area is 398 Å². The van der Waals surface area contributed by atoms with Crippen molar-refractivity contribution in [1.29, 1.82) is 0 Å². The van der Waals surface area contributed by atoms with Crippen LogP contribution in [0, 0.1) is 13.8 Å². The summed E-state index contributed by atoms with van der Waals surface area (Å²) >= 11 is 0. The first kappa shape index (κ1) is 45.1. The monoisotopic (exact) mass is 877 g/mol. The molecule has 4 heteroatoms. The zero-order valence-corrected chi connectivity index (χ0v) is 41.3. The van der Waals surface area contributed by atoms with Gasteiger partial charge in [0.1, 0.15) is 11.6 Å². The van der Waals surface area contributed by atoms with Crippen molar-refractivity contribution in [3.05, 3.63) is 192 Å². The lowest BCUT2D eigenvalue weighted by Gasteiger charge is -2.27. The number of para-hydroxylation sites is 1. The van der Waals surface area contributed by atoms with Gasteiger partial charge >= 0.3 is 0 Å². The smallest absolute Gasteiger partial charge is 0.149 e. The van der Waals surface area contributed by atoms with Crippen molar-refractivity contribution in [1.82, 2.24) is 14.5 Å². The van der Waals surface area contributed by atoms with Crippen molar-refractivity contribution in [3.8, 4) is 78.6 Å². The average Bonchev–Trinajstić information content (AvgIpc) is 3.70. The molecule has 0 unspecified atom stereocenters. The third-order valence-corrected chi connectivity index (χ3v) is 13.2. The maximum Gasteiger partial charge on any atom is 0.149 e. The number of imidazole rings is 1. The van der Waals surface area contributed by atoms with Crippen molar-refractivity contribution < 1.29 is 4.74 Å². The van der Waals surface area contributed by atoms with E-state index in [9.17, 15) is 0 Å². The van der Waals surface area contributed by atoms with E-state index in [2.05, 4.69) is 238 Å². The average molecular weight is 878 g/mol. The van der Waals surface area contributed by atoms with E-state index in [1.54, 1.807) is 7.11 Å². The summed E-state index contributed by atoms with van der Waals surface area (Å²) in [6, 6.07) is 57.7. The van der Waals surface area contributed by atoms with Gasteiger partial charge in [-0.25, -0.2) is 4.98 Å². The second kappa shape index (κ2) is 17.3. The summed E-state index contributed by atoms with van der Waals surface area (Å²) in [5, 5.41) is 0. The minimum Gasteiger partial charge on any atom is -0.496 e. The lowest BCUT2D eigenvalue weighted by Crippen LogP contribution is -2.14. The van der Waals surface area contributed by atoms with Crippen LogP contribution in [0.1, 0.15) is 90.1 Å². The first-order valence-electron chi connectivity index (χ1n) is 23.6. The van der Waals surface area contributed by atoms with Gasteiger partial charge in [0.05, 0.1) is 35.1 Å². The van der Waals surface area contributed by atoms with E-state index in [1.165, 1.54) is 33.4 Å². The van der Waals surface area contributed by atoms with Gasteiger partial charge in [0, 0.05) is 22.9 Å². The quantitative estimate of drug-likeness (QED) is 0.153. The molecule has 0 radical (unpaired) electrons. The van der Waals surface area contributed by atoms with E-state index >= 15 is 0 Å². The number of pyridine rings is 1. The molecule has 0 saturated carbocycles. The normalized spacial score (nSPS) is 12.2. The molecule has 2 heterocycles. The molecular formula is C63H63N3O. The van der Waals surface area contributed by atoms with Crippen LogP contribution in [-0.2, 0) is 16.2 Å². The van der Waals surface area contributed by atoms with E-state index in [0.29, 0.717) is 0 Å². The van der Waals surface area contributed by atoms with Gasteiger partial charge in [-0.05, 0) is 140 Å². The van der Waals surface area contributed by atoms with Gasteiger partial charge in [0.25, 0.3) is 0 Å². The third kappa shape index (κ3) is 8.86. The fourth-order valence-corrected chi connectivity index (χ4v) is 9.54. The van der Waals surface area contributed by atoms with E-state index in [0.717, 1.165) is 84.1 Å². The number of nitrogens with zero attached hydrogens (tertiary/aromatic N) is 3. The number of fused-ring (bicyclic) bond motifs is 1. The summed E-state index contributed by atoms with van der Waals surface area (Å²) in [4.78, 5) is 10.8. The molecule has 9 aromatic rings. The van der Waals surface area contributed by atoms with Gasteiger partial charge in [-0.1, -0.05) is 172 Å². The number of hydrogen-bond acceptors (Lipinski definition) is 3. The van der Waals surface area contributed by atoms with Gasteiger partial charge in [0.2, 0.25) is 0 Å². The molecule has 0 aliphatic carbocycles. The Hall–Kier alpha value is -7.04. The van der Waals surface area contributed by atoms with E-state index in [1.807, 2.05) is 6.20 Å². The number of methoxy groups -OCH3 is 1. The van der Waals surface area contributed by atoms with Crippen LogP contribution >= 0.6 is 0 Å². The standard InChI is InChI=1S/C63H63N3O/c1-40-32-41(2)59(67-12)53(33-40)60-65-58-50(46-34-47(36-49(35-46)62(6,7)8)55-37-45(30-31-64-55)42-26-28-48(29-27-42)61(3,4)5)24-19-25-56(58)66(60)57-39-51(43-20-15-13-16-21-43)54(63(9,10)11)38-52(57)44-22-17-14-18-23-44/h13-39H,1-12H3. The van der Waals surface area contributed by atoms with Gasteiger partial charge in [0.15, 0.2) is 0 Å². The second-order valence-electron chi connectivity index (χ2n) is 21.3. The van der Waals surface area contributed by atoms with Crippen molar-refractivity contribution in [2.24, 2.45) is 0 Å². The molecule has 0 N–H and O–H groups in total. The Morgan fingerprint density at radius 1 is 0.463 bits per heavy atom. The van der Waals surface area contributed by atoms with Crippen LogP contribution in [0.15, 0.2) is 164 Å². The lowest BCUT2D eigenvalue weighted by molar-refractivity contribution is 0.413. The second-order valence-corrected chi connectivity index (χ2v) is 21.3. The predicted molar refractivity (Wildman–Crippen MR) is 284 cm³/mol. The summed E-state index contributed by atoms with van der Waals surface area (Å²) in [6.45, 7) is 24.8. The molecule has 0 fully saturated rings. The third-order valence-electron chi connectivity index (χ3n) is 13.2. The van der Waals surface area contributed by atoms with Crippen LogP contribution in [0.25, 0.3) is 83.9 Å². The van der Waals surface area contributed by atoms with Gasteiger partial charge in [-0.2, -0.15) is 0 Å². The fraction of sp³-hybridized carbons (Fsp3) is 0.238. The van der Waals surface area contributed by atoms with Crippen LogP contribution in [0.2, 0.25) is 0 Å². The fourth-order valence-electron chi connectivity index (χ4n) is 9.54. The van der Waals surface area contributed by atoms with Gasteiger partial charge in [-0.3, -0.25) is 9.55 Å². The zero-order valence-electron chi connectivity index (χ0n) is 41.3. The Bertz CT molecular complexity index is 3260. The molecule has 0 aliphatic rings. The molecule has 0 aliphatic heterocycles. The van der Waals surface area contributed by atoms with Gasteiger partial charge < -0.3 is 4.74 Å². The van der Waals surface area contributed by atoms with Crippen molar-refractivity contribution in [2.75, 3.05) is 7.11 Å². The van der Waals surface area contributed by atoms with Gasteiger partial charge in [-0.15, -0.1) is 0 Å². The highest BCUT2D eigenvalue weighted by molar-refractivity contribution is 5.98. The Morgan fingerprint density at radius 2 is 1.10 bits per heavy atom.